The molecule has 1 aromatic carbocycles. The fourth-order valence-electron chi connectivity index (χ4n) is 1.39. The lowest BCUT2D eigenvalue weighted by atomic mass is 10.2. The molecular weight excluding hydrogens is 242 g/mol. The summed E-state index contributed by atoms with van der Waals surface area (Å²) in [6, 6.07) is 7.08. The Morgan fingerprint density at radius 2 is 2.24 bits per heavy atom. The van der Waals surface area contributed by atoms with Crippen LogP contribution in [0.3, 0.4) is 0 Å². The molecule has 0 atom stereocenters. The predicted molar refractivity (Wildman–Crippen MR) is 64.0 cm³/mol. The van der Waals surface area contributed by atoms with Gasteiger partial charge in [0, 0.05) is 6.42 Å². The number of para-hydroxylation sites is 1. The van der Waals surface area contributed by atoms with Gasteiger partial charge in [0.05, 0.1) is 11.3 Å². The number of hydrogen-bond acceptors (Lipinski definition) is 4. The van der Waals surface area contributed by atoms with Crippen molar-refractivity contribution >= 4 is 22.7 Å². The van der Waals surface area contributed by atoms with Crippen molar-refractivity contribution in [2.45, 2.75) is 13.3 Å². The van der Waals surface area contributed by atoms with E-state index in [1.165, 1.54) is 0 Å². The van der Waals surface area contributed by atoms with Gasteiger partial charge < -0.3 is 9.84 Å². The molecular formula is C11H10ClN3O2. The van der Waals surface area contributed by atoms with E-state index in [4.69, 9.17) is 16.1 Å². The quantitative estimate of drug-likeness (QED) is 0.672. The van der Waals surface area contributed by atoms with Gasteiger partial charge in [-0.25, -0.2) is 0 Å². The van der Waals surface area contributed by atoms with E-state index < -0.39 is 5.37 Å². The van der Waals surface area contributed by atoms with Gasteiger partial charge in [-0.3, -0.25) is 4.79 Å². The molecule has 88 valence electrons. The molecule has 0 aliphatic rings. The number of halogens is 1. The number of amides is 1. The fraction of sp³-hybridized carbons (Fsp3) is 0.182. The molecule has 0 aliphatic heterocycles. The van der Waals surface area contributed by atoms with Crippen LogP contribution in [0.4, 0.5) is 10.5 Å². The minimum atomic E-state index is -0.660. The molecule has 2 rings (SSSR count). The summed E-state index contributed by atoms with van der Waals surface area (Å²) < 4.78 is 5.11. The lowest BCUT2D eigenvalue weighted by Gasteiger charge is -2.04. The molecule has 0 bridgehead atoms. The van der Waals surface area contributed by atoms with Crippen molar-refractivity contribution in [3.8, 4) is 11.5 Å². The zero-order valence-corrected chi connectivity index (χ0v) is 9.86. The number of carbonyl (C=O) groups is 1. The van der Waals surface area contributed by atoms with Crippen LogP contribution in [0, 0.1) is 0 Å². The van der Waals surface area contributed by atoms with Gasteiger partial charge in [-0.05, 0) is 23.7 Å². The molecule has 5 nitrogen and oxygen atoms in total. The Bertz CT molecular complexity index is 539. The molecule has 1 N–H and O–H groups in total. The van der Waals surface area contributed by atoms with Crippen LogP contribution in [0.5, 0.6) is 0 Å². The van der Waals surface area contributed by atoms with Gasteiger partial charge in [-0.2, -0.15) is 4.98 Å². The number of benzene rings is 1. The first-order chi connectivity index (χ1) is 8.20. The second kappa shape index (κ2) is 4.97. The van der Waals surface area contributed by atoms with Gasteiger partial charge in [0.25, 0.3) is 5.89 Å². The number of anilines is 1. The monoisotopic (exact) mass is 251 g/mol. The van der Waals surface area contributed by atoms with Crippen LogP contribution >= 0.6 is 11.6 Å². The first kappa shape index (κ1) is 11.6. The summed E-state index contributed by atoms with van der Waals surface area (Å²) in [5, 5.41) is 5.64. The molecule has 0 saturated heterocycles. The molecule has 0 saturated carbocycles. The van der Waals surface area contributed by atoms with E-state index in [9.17, 15) is 4.79 Å². The van der Waals surface area contributed by atoms with Gasteiger partial charge in [-0.15, -0.1) is 0 Å². The van der Waals surface area contributed by atoms with Crippen molar-refractivity contribution in [2.75, 3.05) is 5.32 Å². The highest BCUT2D eigenvalue weighted by Gasteiger charge is 2.12. The Kier molecular flexibility index (Phi) is 3.39. The molecule has 2 aromatic rings. The third-order valence-corrected chi connectivity index (χ3v) is 2.27. The summed E-state index contributed by atoms with van der Waals surface area (Å²) >= 11 is 5.29. The Balaban J connectivity index is 2.40. The topological polar surface area (TPSA) is 68.0 Å². The van der Waals surface area contributed by atoms with Crippen LogP contribution < -0.4 is 5.32 Å². The number of nitrogens with zero attached hydrogens (tertiary/aromatic N) is 2. The van der Waals surface area contributed by atoms with Gasteiger partial charge in [0.1, 0.15) is 0 Å². The molecule has 0 fully saturated rings. The Labute approximate surface area is 103 Å². The molecule has 1 amide bonds. The molecule has 0 spiro atoms. The number of nitrogens with one attached hydrogen (secondary N) is 1. The largest absolute Gasteiger partial charge is 0.334 e. The van der Waals surface area contributed by atoms with Crippen LogP contribution in [-0.2, 0) is 6.42 Å². The Morgan fingerprint density at radius 1 is 1.47 bits per heavy atom. The zero-order chi connectivity index (χ0) is 12.3. The predicted octanol–water partition coefficient (Wildman–Crippen LogP) is 3.07. The third kappa shape index (κ3) is 2.62. The van der Waals surface area contributed by atoms with E-state index in [2.05, 4.69) is 15.5 Å². The van der Waals surface area contributed by atoms with Crippen molar-refractivity contribution in [1.82, 2.24) is 10.1 Å². The van der Waals surface area contributed by atoms with Crippen LogP contribution in [0.2, 0.25) is 0 Å². The first-order valence-corrected chi connectivity index (χ1v) is 5.47. The molecule has 17 heavy (non-hydrogen) atoms. The second-order valence-electron chi connectivity index (χ2n) is 3.31. The average Bonchev–Trinajstić information content (AvgIpc) is 2.77. The fourth-order valence-corrected chi connectivity index (χ4v) is 1.49. The van der Waals surface area contributed by atoms with Crippen LogP contribution in [0.25, 0.3) is 11.5 Å². The standard InChI is InChI=1S/C11H10ClN3O2/c1-2-9-14-10(17-15-9)7-5-3-4-6-8(7)13-11(12)16/h3-6H,2H2,1H3,(H,13,16). The molecule has 0 unspecified atom stereocenters. The maximum absolute atomic E-state index is 10.8. The van der Waals surface area contributed by atoms with Crippen molar-refractivity contribution in [1.29, 1.82) is 0 Å². The lowest BCUT2D eigenvalue weighted by Crippen LogP contribution is -2.02. The van der Waals surface area contributed by atoms with Gasteiger partial charge in [0.15, 0.2) is 5.82 Å². The smallest absolute Gasteiger partial charge is 0.318 e. The highest BCUT2D eigenvalue weighted by Crippen LogP contribution is 2.26. The minimum Gasteiger partial charge on any atom is -0.334 e. The Morgan fingerprint density at radius 3 is 2.88 bits per heavy atom. The highest BCUT2D eigenvalue weighted by atomic mass is 35.5. The van der Waals surface area contributed by atoms with Crippen molar-refractivity contribution in [2.24, 2.45) is 0 Å². The van der Waals surface area contributed by atoms with Crippen LogP contribution in [-0.4, -0.2) is 15.5 Å². The summed E-state index contributed by atoms with van der Waals surface area (Å²) in [5.41, 5.74) is 1.19. The van der Waals surface area contributed by atoms with Gasteiger partial charge >= 0.3 is 5.37 Å². The second-order valence-corrected chi connectivity index (χ2v) is 3.66. The van der Waals surface area contributed by atoms with Crippen molar-refractivity contribution < 1.29 is 9.32 Å². The van der Waals surface area contributed by atoms with Crippen molar-refractivity contribution in [3.05, 3.63) is 30.1 Å². The normalized spacial score (nSPS) is 10.2. The zero-order valence-electron chi connectivity index (χ0n) is 9.11. The summed E-state index contributed by atoms with van der Waals surface area (Å²) in [7, 11) is 0. The summed E-state index contributed by atoms with van der Waals surface area (Å²) in [4.78, 5) is 15.0. The molecule has 1 aromatic heterocycles. The molecule has 1 heterocycles. The van der Waals surface area contributed by atoms with Gasteiger partial charge in [-0.1, -0.05) is 24.2 Å². The van der Waals surface area contributed by atoms with E-state index in [-0.39, 0.29) is 0 Å². The highest BCUT2D eigenvalue weighted by molar-refractivity contribution is 6.65. The van der Waals surface area contributed by atoms with E-state index in [0.717, 1.165) is 0 Å². The van der Waals surface area contributed by atoms with Crippen LogP contribution in [0.15, 0.2) is 28.8 Å². The van der Waals surface area contributed by atoms with Crippen LogP contribution in [0.1, 0.15) is 12.7 Å². The third-order valence-electron chi connectivity index (χ3n) is 2.17. The van der Waals surface area contributed by atoms with Gasteiger partial charge in [0.2, 0.25) is 0 Å². The summed E-state index contributed by atoms with van der Waals surface area (Å²) in [5.74, 6) is 0.981. The van der Waals surface area contributed by atoms with E-state index >= 15 is 0 Å². The molecule has 0 radical (unpaired) electrons. The maximum atomic E-state index is 10.8. The van der Waals surface area contributed by atoms with E-state index in [1.807, 2.05) is 13.0 Å². The molecule has 6 heteroatoms. The number of aryl methyl sites for hydroxylation is 1. The van der Waals surface area contributed by atoms with E-state index in [0.29, 0.717) is 29.4 Å². The van der Waals surface area contributed by atoms with Crippen molar-refractivity contribution in [3.63, 3.8) is 0 Å². The number of aromatic nitrogens is 2. The maximum Gasteiger partial charge on any atom is 0.318 e. The number of rotatable bonds is 3. The Hall–Kier alpha value is -1.88. The van der Waals surface area contributed by atoms with E-state index in [1.54, 1.807) is 18.2 Å². The number of carbonyl (C=O) groups excluding carboxylic acids is 1. The SMILES string of the molecule is CCc1noc(-c2ccccc2NC(=O)Cl)n1. The molecule has 0 aliphatic carbocycles. The summed E-state index contributed by atoms with van der Waals surface area (Å²) in [6.07, 6.45) is 0.688. The number of hydrogen-bond donors (Lipinski definition) is 1. The first-order valence-electron chi connectivity index (χ1n) is 5.09. The average molecular weight is 252 g/mol. The lowest BCUT2D eigenvalue weighted by molar-refractivity contribution is 0.269. The minimum absolute atomic E-state index is 0.364. The summed E-state index contributed by atoms with van der Waals surface area (Å²) in [6.45, 7) is 1.93.